The van der Waals surface area contributed by atoms with Gasteiger partial charge in [-0.25, -0.2) is 18.5 Å². The Bertz CT molecular complexity index is 2000. The van der Waals surface area contributed by atoms with E-state index in [4.69, 9.17) is 14.9 Å². The van der Waals surface area contributed by atoms with E-state index in [-0.39, 0.29) is 6.04 Å². The number of halogens is 1. The summed E-state index contributed by atoms with van der Waals surface area (Å²) in [6, 6.07) is 7.83. The van der Waals surface area contributed by atoms with Crippen LogP contribution >= 0.6 is 15.9 Å². The summed E-state index contributed by atoms with van der Waals surface area (Å²) in [6.07, 6.45) is 7.42. The van der Waals surface area contributed by atoms with E-state index in [0.717, 1.165) is 35.5 Å². The molecule has 0 saturated heterocycles. The van der Waals surface area contributed by atoms with Crippen LogP contribution in [-0.4, -0.2) is 57.8 Å². The average molecular weight is 680 g/mol. The molecule has 228 valence electrons. The predicted molar refractivity (Wildman–Crippen MR) is 174 cm³/mol. The topological polar surface area (TPSA) is 166 Å². The molecule has 4 heterocycles. The summed E-state index contributed by atoms with van der Waals surface area (Å²) in [4.78, 5) is 20.2. The lowest BCUT2D eigenvalue weighted by Crippen LogP contribution is -2.32. The van der Waals surface area contributed by atoms with E-state index in [1.807, 2.05) is 30.1 Å². The Kier molecular flexibility index (Phi) is 7.86. The Morgan fingerprint density at radius 1 is 1.07 bits per heavy atom. The molecule has 0 atom stereocenters. The fourth-order valence-corrected chi connectivity index (χ4v) is 6.46. The maximum absolute atomic E-state index is 12.1. The van der Waals surface area contributed by atoms with Crippen LogP contribution in [0.2, 0.25) is 0 Å². The van der Waals surface area contributed by atoms with Crippen LogP contribution in [0.5, 0.6) is 5.75 Å². The molecule has 4 N–H and O–H groups in total. The fourth-order valence-electron chi connectivity index (χ4n) is 5.48. The van der Waals surface area contributed by atoms with Crippen molar-refractivity contribution in [1.82, 2.24) is 29.7 Å². The quantitative estimate of drug-likeness (QED) is 0.209. The Hall–Kier alpha value is -4.34. The standard InChI is InChI=1S/C29H31BrN10O3S/c1-16(2)40-10-7-24-18(13-35-39(24)3)17-11-23(26(43-4)12-25(17)40)37-29-34-14-20(30)28(38-29)36-21-5-6-22-27(33-9-8-32-22)19(21)15-44(31,41)42/h5-6,8-9,11-14,16H,7,10,15H2,1-4H3,(H2,31,41,42)(H2,34,36,37,38). The first-order valence-electron chi connectivity index (χ1n) is 13.8. The molecular weight excluding hydrogens is 648 g/mol. The zero-order valence-corrected chi connectivity index (χ0v) is 26.9. The molecule has 0 radical (unpaired) electrons. The number of anilines is 5. The minimum atomic E-state index is -3.88. The van der Waals surface area contributed by atoms with Gasteiger partial charge in [-0.05, 0) is 48.0 Å². The van der Waals surface area contributed by atoms with Crippen molar-refractivity contribution >= 4 is 65.8 Å². The number of rotatable bonds is 8. The fraction of sp³-hybridized carbons (Fsp3) is 0.276. The number of hydrogen-bond acceptors (Lipinski definition) is 11. The monoisotopic (exact) mass is 678 g/mol. The van der Waals surface area contributed by atoms with Crippen molar-refractivity contribution in [3.8, 4) is 16.9 Å². The first kappa shape index (κ1) is 29.7. The third kappa shape index (κ3) is 5.77. The molecule has 44 heavy (non-hydrogen) atoms. The molecule has 5 aromatic rings. The number of ether oxygens (including phenoxy) is 1. The molecule has 0 aliphatic carbocycles. The summed E-state index contributed by atoms with van der Waals surface area (Å²) >= 11 is 3.51. The van der Waals surface area contributed by atoms with Crippen molar-refractivity contribution in [3.63, 3.8) is 0 Å². The van der Waals surface area contributed by atoms with Gasteiger partial charge in [-0.2, -0.15) is 10.1 Å². The maximum atomic E-state index is 12.1. The van der Waals surface area contributed by atoms with E-state index < -0.39 is 15.8 Å². The average Bonchev–Trinajstić information content (AvgIpc) is 3.26. The van der Waals surface area contributed by atoms with Gasteiger partial charge < -0.3 is 20.3 Å². The van der Waals surface area contributed by atoms with Crippen LogP contribution in [0, 0.1) is 0 Å². The van der Waals surface area contributed by atoms with Crippen molar-refractivity contribution < 1.29 is 13.2 Å². The van der Waals surface area contributed by atoms with Crippen molar-refractivity contribution in [3.05, 3.63) is 64.8 Å². The summed E-state index contributed by atoms with van der Waals surface area (Å²) < 4.78 is 32.6. The molecule has 1 aliphatic heterocycles. The van der Waals surface area contributed by atoms with Crippen molar-refractivity contribution in [2.75, 3.05) is 29.2 Å². The van der Waals surface area contributed by atoms with Gasteiger partial charge in [0.1, 0.15) is 11.6 Å². The number of nitrogens with zero attached hydrogens (tertiary/aromatic N) is 7. The third-order valence-electron chi connectivity index (χ3n) is 7.53. The van der Waals surface area contributed by atoms with Crippen molar-refractivity contribution in [1.29, 1.82) is 0 Å². The zero-order valence-electron chi connectivity index (χ0n) is 24.5. The van der Waals surface area contributed by atoms with E-state index in [1.54, 1.807) is 31.6 Å². The van der Waals surface area contributed by atoms with Gasteiger partial charge in [0.25, 0.3) is 0 Å². The van der Waals surface area contributed by atoms with Gasteiger partial charge >= 0.3 is 0 Å². The van der Waals surface area contributed by atoms with Crippen LogP contribution < -0.4 is 25.4 Å². The summed E-state index contributed by atoms with van der Waals surface area (Å²) in [5.74, 6) is 0.889. The highest BCUT2D eigenvalue weighted by Gasteiger charge is 2.26. The lowest BCUT2D eigenvalue weighted by atomic mass is 10.0. The van der Waals surface area contributed by atoms with Gasteiger partial charge in [-0.1, -0.05) is 0 Å². The van der Waals surface area contributed by atoms with Crippen LogP contribution in [0.25, 0.3) is 22.2 Å². The molecule has 0 saturated carbocycles. The highest BCUT2D eigenvalue weighted by molar-refractivity contribution is 9.10. The normalized spacial score (nSPS) is 13.0. The second kappa shape index (κ2) is 11.6. The van der Waals surface area contributed by atoms with Crippen LogP contribution in [0.15, 0.2) is 53.5 Å². The van der Waals surface area contributed by atoms with Gasteiger partial charge in [0.05, 0.1) is 40.3 Å². The minimum absolute atomic E-state index is 0.281. The van der Waals surface area contributed by atoms with Gasteiger partial charge in [-0.3, -0.25) is 14.6 Å². The van der Waals surface area contributed by atoms with E-state index in [2.05, 4.69) is 65.4 Å². The molecule has 6 rings (SSSR count). The number of benzene rings is 2. The van der Waals surface area contributed by atoms with Crippen LogP contribution in [-0.2, 0) is 29.2 Å². The lowest BCUT2D eigenvalue weighted by Gasteiger charge is -2.30. The number of nitrogens with one attached hydrogen (secondary N) is 2. The molecule has 1 aliphatic rings. The number of aryl methyl sites for hydroxylation is 1. The highest BCUT2D eigenvalue weighted by atomic mass is 79.9. The minimum Gasteiger partial charge on any atom is -0.494 e. The number of fused-ring (bicyclic) bond motifs is 4. The second-order valence-corrected chi connectivity index (χ2v) is 13.2. The van der Waals surface area contributed by atoms with Gasteiger partial charge in [0.15, 0.2) is 0 Å². The molecule has 0 fully saturated rings. The number of aromatic nitrogens is 6. The van der Waals surface area contributed by atoms with Crippen LogP contribution in [0.3, 0.4) is 0 Å². The van der Waals surface area contributed by atoms with E-state index in [0.29, 0.717) is 50.0 Å². The maximum Gasteiger partial charge on any atom is 0.229 e. The SMILES string of the molecule is COc1cc2c(cc1Nc1ncc(Br)c(Nc3ccc4nccnc4c3CS(N)(=O)=O)n1)-c1cnn(C)c1CCN2C(C)C. The molecule has 0 spiro atoms. The second-order valence-electron chi connectivity index (χ2n) is 10.7. The van der Waals surface area contributed by atoms with Crippen molar-refractivity contribution in [2.24, 2.45) is 12.2 Å². The molecule has 13 nitrogen and oxygen atoms in total. The number of hydrogen-bond donors (Lipinski definition) is 3. The van der Waals surface area contributed by atoms with Crippen molar-refractivity contribution in [2.45, 2.75) is 32.1 Å². The van der Waals surface area contributed by atoms with E-state index in [9.17, 15) is 8.42 Å². The number of sulfonamides is 1. The summed E-state index contributed by atoms with van der Waals surface area (Å²) in [7, 11) is -0.283. The van der Waals surface area contributed by atoms with Gasteiger partial charge in [-0.15, -0.1) is 0 Å². The van der Waals surface area contributed by atoms with Gasteiger partial charge in [0.2, 0.25) is 16.0 Å². The summed E-state index contributed by atoms with van der Waals surface area (Å²) in [5, 5.41) is 16.5. The third-order valence-corrected chi connectivity index (χ3v) is 8.80. The Balaban J connectivity index is 1.40. The number of nitrogens with two attached hydrogens (primary N) is 1. The molecule has 0 bridgehead atoms. The Morgan fingerprint density at radius 2 is 1.86 bits per heavy atom. The lowest BCUT2D eigenvalue weighted by molar-refractivity contribution is 0.416. The summed E-state index contributed by atoms with van der Waals surface area (Å²) in [6.45, 7) is 5.21. The van der Waals surface area contributed by atoms with Crippen LogP contribution in [0.1, 0.15) is 25.1 Å². The molecule has 0 unspecified atom stereocenters. The first-order chi connectivity index (χ1) is 21.0. The van der Waals surface area contributed by atoms with E-state index >= 15 is 0 Å². The number of methoxy groups -OCH3 is 1. The molecule has 3 aromatic heterocycles. The molecule has 2 aromatic carbocycles. The summed E-state index contributed by atoms with van der Waals surface area (Å²) in [5.41, 5.74) is 6.82. The predicted octanol–water partition coefficient (Wildman–Crippen LogP) is 4.64. The number of primary sulfonamides is 1. The Morgan fingerprint density at radius 3 is 2.61 bits per heavy atom. The van der Waals surface area contributed by atoms with E-state index in [1.165, 1.54) is 6.20 Å². The Labute approximate surface area is 263 Å². The first-order valence-corrected chi connectivity index (χ1v) is 16.3. The molecule has 0 amide bonds. The smallest absolute Gasteiger partial charge is 0.229 e. The molecular formula is C29H31BrN10O3S. The van der Waals surface area contributed by atoms with Crippen LogP contribution in [0.4, 0.5) is 28.8 Å². The molecule has 15 heteroatoms. The van der Waals surface area contributed by atoms with Gasteiger partial charge in [0, 0.05) is 84.5 Å². The highest BCUT2D eigenvalue weighted by Crippen LogP contribution is 2.44. The zero-order chi connectivity index (χ0) is 31.2. The largest absolute Gasteiger partial charge is 0.494 e.